The zero-order chi connectivity index (χ0) is 15.0. The minimum Gasteiger partial charge on any atom is -0.197 e. The minimum absolute atomic E-state index is 0.0221. The molecular formula is C15H16N4S. The van der Waals surface area contributed by atoms with Crippen molar-refractivity contribution in [2.75, 3.05) is 6.26 Å². The molecule has 1 saturated carbocycles. The molecule has 0 saturated heterocycles. The Hall–Kier alpha value is -1.95. The van der Waals surface area contributed by atoms with E-state index in [1.807, 2.05) is 18.4 Å². The number of nitriles is 4. The Kier molecular flexibility index (Phi) is 6.66. The molecule has 0 N–H and O–H groups in total. The van der Waals surface area contributed by atoms with Gasteiger partial charge in [-0.05, 0) is 30.9 Å². The van der Waals surface area contributed by atoms with Crippen LogP contribution in [0, 0.1) is 63.1 Å². The van der Waals surface area contributed by atoms with Gasteiger partial charge in [0.05, 0.1) is 12.1 Å². The van der Waals surface area contributed by atoms with E-state index >= 15 is 0 Å². The second kappa shape index (κ2) is 8.27. The Morgan fingerprint density at radius 3 is 2.10 bits per heavy atom. The highest BCUT2D eigenvalue weighted by molar-refractivity contribution is 8.02. The summed E-state index contributed by atoms with van der Waals surface area (Å²) >= 11 is 1.40. The molecule has 0 aliphatic heterocycles. The molecule has 5 heteroatoms. The van der Waals surface area contributed by atoms with E-state index in [2.05, 4.69) is 12.1 Å². The largest absolute Gasteiger partial charge is 0.197 e. The van der Waals surface area contributed by atoms with Crippen LogP contribution < -0.4 is 0 Å². The smallest absolute Gasteiger partial charge is 0.139 e. The van der Waals surface area contributed by atoms with Gasteiger partial charge in [-0.1, -0.05) is 19.3 Å². The molecule has 2 atom stereocenters. The van der Waals surface area contributed by atoms with Crippen molar-refractivity contribution in [1.29, 1.82) is 21.0 Å². The van der Waals surface area contributed by atoms with Gasteiger partial charge in [-0.25, -0.2) is 0 Å². The van der Waals surface area contributed by atoms with Crippen LogP contribution in [0.2, 0.25) is 0 Å². The molecule has 0 amide bonds. The molecule has 0 radical (unpaired) electrons. The molecule has 0 heterocycles. The summed E-state index contributed by atoms with van der Waals surface area (Å²) in [6, 6.07) is 8.04. The van der Waals surface area contributed by atoms with Crippen molar-refractivity contribution in [1.82, 2.24) is 0 Å². The molecule has 0 aromatic heterocycles. The first kappa shape index (κ1) is 16.1. The summed E-state index contributed by atoms with van der Waals surface area (Å²) in [7, 11) is 0. The summed E-state index contributed by atoms with van der Waals surface area (Å²) in [4.78, 5) is 0.748. The second-order valence-electron chi connectivity index (χ2n) is 4.81. The molecule has 0 aromatic carbocycles. The van der Waals surface area contributed by atoms with Gasteiger partial charge in [-0.3, -0.25) is 0 Å². The predicted molar refractivity (Wildman–Crippen MR) is 76.5 cm³/mol. The summed E-state index contributed by atoms with van der Waals surface area (Å²) in [5.41, 5.74) is 0.129. The topological polar surface area (TPSA) is 95.2 Å². The maximum Gasteiger partial charge on any atom is 0.139 e. The molecule has 102 valence electrons. The first-order valence-electron chi connectivity index (χ1n) is 6.61. The zero-order valence-electron chi connectivity index (χ0n) is 11.5. The fourth-order valence-electron chi connectivity index (χ4n) is 2.86. The first-order valence-corrected chi connectivity index (χ1v) is 7.83. The zero-order valence-corrected chi connectivity index (χ0v) is 12.3. The molecule has 1 fully saturated rings. The standard InChI is InChI=1S/C15H16N4S/c1-20-15(12(9-18)10-19)14-6-4-2-3-5-13(14)11(7-16)8-17/h11,13-14H,2-6H2,1H3/t13-,14-/m1/s1. The second-order valence-corrected chi connectivity index (χ2v) is 5.66. The van der Waals surface area contributed by atoms with Gasteiger partial charge in [-0.2, -0.15) is 21.0 Å². The number of rotatable bonds is 3. The maximum absolute atomic E-state index is 9.17. The summed E-state index contributed by atoms with van der Waals surface area (Å²) in [5.74, 6) is -0.767. The average molecular weight is 284 g/mol. The lowest BCUT2D eigenvalue weighted by Crippen LogP contribution is -2.22. The molecule has 0 aromatic rings. The number of allylic oxidation sites excluding steroid dienone is 2. The Labute approximate surface area is 124 Å². The Balaban J connectivity index is 3.25. The van der Waals surface area contributed by atoms with Gasteiger partial charge in [0, 0.05) is 4.91 Å². The van der Waals surface area contributed by atoms with Gasteiger partial charge in [0.1, 0.15) is 23.6 Å². The van der Waals surface area contributed by atoms with Crippen molar-refractivity contribution in [2.24, 2.45) is 17.8 Å². The molecule has 0 spiro atoms. The molecule has 0 bridgehead atoms. The van der Waals surface area contributed by atoms with E-state index in [9.17, 15) is 0 Å². The lowest BCUT2D eigenvalue weighted by molar-refractivity contribution is 0.329. The van der Waals surface area contributed by atoms with Crippen molar-refractivity contribution in [3.05, 3.63) is 10.5 Å². The Morgan fingerprint density at radius 1 is 1.00 bits per heavy atom. The van der Waals surface area contributed by atoms with E-state index in [-0.39, 0.29) is 17.4 Å². The lowest BCUT2D eigenvalue weighted by atomic mass is 9.78. The Bertz CT molecular complexity index is 508. The minimum atomic E-state index is -0.668. The van der Waals surface area contributed by atoms with Crippen molar-refractivity contribution in [2.45, 2.75) is 32.1 Å². The van der Waals surface area contributed by atoms with Crippen molar-refractivity contribution in [3.8, 4) is 24.3 Å². The number of hydrogen-bond acceptors (Lipinski definition) is 5. The van der Waals surface area contributed by atoms with Crippen LogP contribution in [0.1, 0.15) is 32.1 Å². The van der Waals surface area contributed by atoms with Crippen LogP contribution in [-0.4, -0.2) is 6.26 Å². The fourth-order valence-corrected chi connectivity index (χ4v) is 3.75. The van der Waals surface area contributed by atoms with Crippen LogP contribution in [-0.2, 0) is 0 Å². The predicted octanol–water partition coefficient (Wildman–Crippen LogP) is 3.51. The van der Waals surface area contributed by atoms with Crippen LogP contribution in [0.25, 0.3) is 0 Å². The van der Waals surface area contributed by atoms with Gasteiger partial charge in [0.25, 0.3) is 0 Å². The van der Waals surface area contributed by atoms with E-state index in [4.69, 9.17) is 21.0 Å². The highest BCUT2D eigenvalue weighted by Crippen LogP contribution is 2.42. The number of hydrogen-bond donors (Lipinski definition) is 0. The molecule has 20 heavy (non-hydrogen) atoms. The van der Waals surface area contributed by atoms with E-state index in [1.165, 1.54) is 11.8 Å². The summed E-state index contributed by atoms with van der Waals surface area (Å²) in [6.45, 7) is 0. The Morgan fingerprint density at radius 2 is 1.60 bits per heavy atom. The molecular weight excluding hydrogens is 268 g/mol. The fraction of sp³-hybridized carbons (Fsp3) is 0.600. The van der Waals surface area contributed by atoms with Crippen molar-refractivity contribution < 1.29 is 0 Å². The highest BCUT2D eigenvalue weighted by atomic mass is 32.2. The monoisotopic (exact) mass is 284 g/mol. The lowest BCUT2D eigenvalue weighted by Gasteiger charge is -2.27. The van der Waals surface area contributed by atoms with Crippen molar-refractivity contribution in [3.63, 3.8) is 0 Å². The third kappa shape index (κ3) is 3.54. The van der Waals surface area contributed by atoms with Gasteiger partial charge < -0.3 is 0 Å². The quantitative estimate of drug-likeness (QED) is 0.583. The normalized spacial score (nSPS) is 21.7. The van der Waals surface area contributed by atoms with E-state index < -0.39 is 5.92 Å². The van der Waals surface area contributed by atoms with E-state index in [0.29, 0.717) is 0 Å². The average Bonchev–Trinajstić information content (AvgIpc) is 2.72. The van der Waals surface area contributed by atoms with Gasteiger partial charge in [0.2, 0.25) is 0 Å². The van der Waals surface area contributed by atoms with Gasteiger partial charge in [0.15, 0.2) is 0 Å². The molecule has 4 nitrogen and oxygen atoms in total. The third-order valence-corrected chi connectivity index (χ3v) is 4.75. The summed E-state index contributed by atoms with van der Waals surface area (Å²) < 4.78 is 0. The van der Waals surface area contributed by atoms with Crippen molar-refractivity contribution >= 4 is 11.8 Å². The van der Waals surface area contributed by atoms with Crippen LogP contribution in [0.4, 0.5) is 0 Å². The molecule has 1 aliphatic rings. The molecule has 1 aliphatic carbocycles. The third-order valence-electron chi connectivity index (χ3n) is 3.80. The molecule has 1 rings (SSSR count). The van der Waals surface area contributed by atoms with Crippen LogP contribution in [0.3, 0.4) is 0 Å². The van der Waals surface area contributed by atoms with E-state index in [1.54, 1.807) is 0 Å². The first-order chi connectivity index (χ1) is 9.73. The van der Waals surface area contributed by atoms with Crippen LogP contribution >= 0.6 is 11.8 Å². The van der Waals surface area contributed by atoms with E-state index in [0.717, 1.165) is 37.0 Å². The van der Waals surface area contributed by atoms with Crippen LogP contribution in [0.15, 0.2) is 10.5 Å². The van der Waals surface area contributed by atoms with Crippen LogP contribution in [0.5, 0.6) is 0 Å². The highest BCUT2D eigenvalue weighted by Gasteiger charge is 2.34. The summed E-state index contributed by atoms with van der Waals surface area (Å²) in [6.07, 6.45) is 6.58. The van der Waals surface area contributed by atoms with Gasteiger partial charge in [-0.15, -0.1) is 11.8 Å². The number of nitrogens with zero attached hydrogens (tertiary/aromatic N) is 4. The van der Waals surface area contributed by atoms with Gasteiger partial charge >= 0.3 is 0 Å². The maximum atomic E-state index is 9.17. The summed E-state index contributed by atoms with van der Waals surface area (Å²) in [5, 5.41) is 36.5. The SMILES string of the molecule is CSC(=C(C#N)C#N)[C@@H]1CCCCC[C@@H]1C(C#N)C#N. The molecule has 0 unspecified atom stereocenters. The number of thioether (sulfide) groups is 1.